The number of amides is 1. The number of carbonyl (C=O) groups is 1. The quantitative estimate of drug-likeness (QED) is 0.449. The molecule has 0 unspecified atom stereocenters. The number of fused-ring (bicyclic) bond motifs is 1. The van der Waals surface area contributed by atoms with Crippen LogP contribution in [0.15, 0.2) is 55.5 Å². The number of carbonyl (C=O) groups excluding carboxylic acids is 1. The van der Waals surface area contributed by atoms with Crippen molar-refractivity contribution in [3.8, 4) is 5.82 Å². The van der Waals surface area contributed by atoms with Gasteiger partial charge in [-0.1, -0.05) is 6.58 Å². The Bertz CT molecular complexity index is 1360. The average Bonchev–Trinajstić information content (AvgIpc) is 3.18. The van der Waals surface area contributed by atoms with Crippen LogP contribution in [0.4, 0.5) is 19.0 Å². The smallest absolute Gasteiger partial charge is 0.450 e. The maximum absolute atomic E-state index is 13.7. The van der Waals surface area contributed by atoms with E-state index in [-0.39, 0.29) is 22.7 Å². The molecule has 1 aromatic carbocycles. The van der Waals surface area contributed by atoms with Crippen molar-refractivity contribution >= 4 is 28.5 Å². The highest BCUT2D eigenvalue weighted by atomic mass is 19.4. The summed E-state index contributed by atoms with van der Waals surface area (Å²) in [6.07, 6.45) is -0.886. The second kappa shape index (κ2) is 8.34. The fourth-order valence-electron chi connectivity index (χ4n) is 3.20. The van der Waals surface area contributed by atoms with Gasteiger partial charge in [0.2, 0.25) is 5.82 Å². The first kappa shape index (κ1) is 21.9. The summed E-state index contributed by atoms with van der Waals surface area (Å²) in [5.41, 5.74) is 1.63. The topological polar surface area (TPSA) is 94.8 Å². The first-order valence-electron chi connectivity index (χ1n) is 9.57. The molecule has 33 heavy (non-hydrogen) atoms. The van der Waals surface area contributed by atoms with E-state index in [0.29, 0.717) is 22.6 Å². The Kier molecular flexibility index (Phi) is 5.54. The molecule has 3 heterocycles. The summed E-state index contributed by atoms with van der Waals surface area (Å²) in [4.78, 5) is 28.4. The molecule has 168 valence electrons. The maximum Gasteiger partial charge on any atom is 0.450 e. The lowest BCUT2D eigenvalue weighted by molar-refractivity contribution is -0.145. The molecule has 1 N–H and O–H groups in total. The number of hydrogen-bond acceptors (Lipinski definition) is 6. The van der Waals surface area contributed by atoms with E-state index >= 15 is 0 Å². The maximum atomic E-state index is 13.7. The third-order valence-corrected chi connectivity index (χ3v) is 4.84. The van der Waals surface area contributed by atoms with Crippen molar-refractivity contribution in [3.63, 3.8) is 0 Å². The van der Waals surface area contributed by atoms with Gasteiger partial charge in [0, 0.05) is 17.5 Å². The average molecular weight is 454 g/mol. The molecule has 0 bridgehead atoms. The van der Waals surface area contributed by atoms with Crippen molar-refractivity contribution in [1.29, 1.82) is 0 Å². The zero-order chi connectivity index (χ0) is 23.8. The molecule has 0 aliphatic carbocycles. The van der Waals surface area contributed by atoms with E-state index in [1.807, 2.05) is 0 Å². The van der Waals surface area contributed by atoms with E-state index in [9.17, 15) is 18.0 Å². The lowest BCUT2D eigenvalue weighted by Gasteiger charge is -2.11. The first-order valence-corrected chi connectivity index (χ1v) is 9.57. The number of hydrogen-bond donors (Lipinski definition) is 1. The van der Waals surface area contributed by atoms with E-state index < -0.39 is 17.9 Å². The number of nitrogens with zero attached hydrogens (tertiary/aromatic N) is 5. The van der Waals surface area contributed by atoms with Gasteiger partial charge in [-0.3, -0.25) is 14.3 Å². The number of rotatable bonds is 5. The van der Waals surface area contributed by atoms with Crippen LogP contribution >= 0.6 is 0 Å². The van der Waals surface area contributed by atoms with Crippen molar-refractivity contribution in [2.45, 2.75) is 13.1 Å². The van der Waals surface area contributed by atoms with Crippen molar-refractivity contribution in [2.75, 3.05) is 12.4 Å². The summed E-state index contributed by atoms with van der Waals surface area (Å²) < 4.78 is 47.1. The fraction of sp³-hybridized carbons (Fsp3) is 0.136. The number of aryl methyl sites for hydroxylation is 1. The van der Waals surface area contributed by atoms with Crippen LogP contribution in [0.1, 0.15) is 27.4 Å². The van der Waals surface area contributed by atoms with Crippen LogP contribution in [-0.2, 0) is 10.9 Å². The summed E-state index contributed by atoms with van der Waals surface area (Å²) in [6, 6.07) is 7.71. The van der Waals surface area contributed by atoms with Crippen LogP contribution in [-0.4, -0.2) is 37.5 Å². The summed E-state index contributed by atoms with van der Waals surface area (Å²) >= 11 is 0. The number of pyridine rings is 1. The van der Waals surface area contributed by atoms with Gasteiger partial charge in [0.1, 0.15) is 5.76 Å². The molecule has 0 aliphatic heterocycles. The minimum absolute atomic E-state index is 0.0728. The number of aromatic nitrogens is 5. The number of nitrogens with one attached hydrogen (secondary N) is 1. The molecule has 0 saturated carbocycles. The Hall–Kier alpha value is -4.28. The number of alkyl halides is 3. The van der Waals surface area contributed by atoms with Gasteiger partial charge >= 0.3 is 6.18 Å². The molecule has 0 atom stereocenters. The highest BCUT2D eigenvalue weighted by molar-refractivity contribution is 6.04. The number of methoxy groups -OCH3 is 1. The van der Waals surface area contributed by atoms with Crippen molar-refractivity contribution < 1.29 is 22.7 Å². The van der Waals surface area contributed by atoms with Gasteiger partial charge in [0.25, 0.3) is 5.91 Å². The summed E-state index contributed by atoms with van der Waals surface area (Å²) in [6.45, 7) is 5.39. The molecule has 0 aliphatic rings. The molecule has 11 heteroatoms. The fourth-order valence-corrected chi connectivity index (χ4v) is 3.20. The van der Waals surface area contributed by atoms with Gasteiger partial charge in [0.05, 0.1) is 36.1 Å². The van der Waals surface area contributed by atoms with Crippen molar-refractivity contribution in [2.24, 2.45) is 0 Å². The van der Waals surface area contributed by atoms with E-state index in [2.05, 4.69) is 31.8 Å². The van der Waals surface area contributed by atoms with Crippen LogP contribution < -0.4 is 5.32 Å². The Labute approximate surface area is 185 Å². The summed E-state index contributed by atoms with van der Waals surface area (Å²) in [7, 11) is 1.41. The van der Waals surface area contributed by atoms with Gasteiger partial charge in [-0.05, 0) is 37.3 Å². The van der Waals surface area contributed by atoms with E-state index in [0.717, 1.165) is 10.8 Å². The van der Waals surface area contributed by atoms with Gasteiger partial charge in [0.15, 0.2) is 11.6 Å². The summed E-state index contributed by atoms with van der Waals surface area (Å²) in [5.74, 6) is -1.36. The third-order valence-electron chi connectivity index (χ3n) is 4.84. The monoisotopic (exact) mass is 454 g/mol. The molecule has 0 radical (unpaired) electrons. The minimum Gasteiger partial charge on any atom is -0.497 e. The molecule has 4 rings (SSSR count). The summed E-state index contributed by atoms with van der Waals surface area (Å²) in [5, 5.41) is 2.56. The van der Waals surface area contributed by atoms with Crippen LogP contribution in [0.2, 0.25) is 0 Å². The molecule has 1 amide bonds. The predicted molar refractivity (Wildman–Crippen MR) is 115 cm³/mol. The number of benzene rings is 1. The number of anilines is 1. The zero-order valence-electron chi connectivity index (χ0n) is 17.5. The second-order valence-corrected chi connectivity index (χ2v) is 6.95. The molecular formula is C22H17F3N6O2. The Morgan fingerprint density at radius 2 is 1.94 bits per heavy atom. The molecule has 3 aromatic heterocycles. The molecule has 0 spiro atoms. The van der Waals surface area contributed by atoms with Gasteiger partial charge in [-0.25, -0.2) is 15.0 Å². The van der Waals surface area contributed by atoms with Gasteiger partial charge in [-0.2, -0.15) is 13.2 Å². The van der Waals surface area contributed by atoms with E-state index in [1.165, 1.54) is 25.4 Å². The molecule has 0 saturated heterocycles. The lowest BCUT2D eigenvalue weighted by atomic mass is 10.2. The zero-order valence-corrected chi connectivity index (χ0v) is 17.5. The first-order chi connectivity index (χ1) is 15.7. The van der Waals surface area contributed by atoms with E-state index in [1.54, 1.807) is 31.3 Å². The number of imidazole rings is 1. The Balaban J connectivity index is 1.71. The molecule has 8 nitrogen and oxygen atoms in total. The van der Waals surface area contributed by atoms with Gasteiger partial charge < -0.3 is 10.1 Å². The Morgan fingerprint density at radius 1 is 1.15 bits per heavy atom. The largest absolute Gasteiger partial charge is 0.497 e. The molecule has 4 aromatic rings. The van der Waals surface area contributed by atoms with Crippen LogP contribution in [0.3, 0.4) is 0 Å². The SMILES string of the molecule is C=C(OC)c1ccc2c(c1)nc(C(F)(F)F)n2-c1cnc(NC(=O)c2cccnc2C)cn1. The van der Waals surface area contributed by atoms with Crippen molar-refractivity contribution in [1.82, 2.24) is 24.5 Å². The van der Waals surface area contributed by atoms with Crippen molar-refractivity contribution in [3.05, 3.63) is 78.1 Å². The van der Waals surface area contributed by atoms with E-state index in [4.69, 9.17) is 4.74 Å². The predicted octanol–water partition coefficient (Wildman–Crippen LogP) is 4.41. The number of halogens is 3. The lowest BCUT2D eigenvalue weighted by Crippen LogP contribution is -2.17. The van der Waals surface area contributed by atoms with Crippen LogP contribution in [0, 0.1) is 6.92 Å². The highest BCUT2D eigenvalue weighted by Crippen LogP contribution is 2.34. The standard InChI is InChI=1S/C22H17F3N6O2/c1-12-15(5-4-8-26-12)20(32)30-18-10-28-19(11-27-18)31-17-7-6-14(13(2)33-3)9-16(17)29-21(31)22(23,24)25/h4-11H,2H2,1,3H3,(H,27,30,32). The molecular weight excluding hydrogens is 437 g/mol. The van der Waals surface area contributed by atoms with Crippen LogP contribution in [0.5, 0.6) is 0 Å². The molecule has 0 fully saturated rings. The minimum atomic E-state index is -4.75. The normalized spacial score (nSPS) is 11.4. The second-order valence-electron chi connectivity index (χ2n) is 6.95. The van der Waals surface area contributed by atoms with Gasteiger partial charge in [-0.15, -0.1) is 0 Å². The number of ether oxygens (including phenoxy) is 1. The van der Waals surface area contributed by atoms with Crippen LogP contribution in [0.25, 0.3) is 22.6 Å². The third kappa shape index (κ3) is 4.25. The Morgan fingerprint density at radius 3 is 2.58 bits per heavy atom. The highest BCUT2D eigenvalue weighted by Gasteiger charge is 2.38.